The van der Waals surface area contributed by atoms with E-state index in [0.29, 0.717) is 24.3 Å². The molecule has 0 spiro atoms. The lowest BCUT2D eigenvalue weighted by Crippen LogP contribution is -2.36. The molecule has 1 atom stereocenters. The van der Waals surface area contributed by atoms with Crippen molar-refractivity contribution in [2.45, 2.75) is 52.1 Å². The van der Waals surface area contributed by atoms with Gasteiger partial charge in [-0.1, -0.05) is 12.2 Å². The highest BCUT2D eigenvalue weighted by molar-refractivity contribution is 5.76. The fraction of sp³-hybridized carbons (Fsp3) is 0.684. The third-order valence-corrected chi connectivity index (χ3v) is 5.16. The molecule has 1 aliphatic carbocycles. The highest BCUT2D eigenvalue weighted by atomic mass is 16.2. The molecule has 24 heavy (non-hydrogen) atoms. The largest absolute Gasteiger partial charge is 0.341 e. The first kappa shape index (κ1) is 17.2. The van der Waals surface area contributed by atoms with Crippen LogP contribution >= 0.6 is 0 Å². The molecule has 1 amide bonds. The molecule has 5 nitrogen and oxygen atoms in total. The van der Waals surface area contributed by atoms with Gasteiger partial charge in [-0.05, 0) is 39.0 Å². The van der Waals surface area contributed by atoms with Crippen LogP contribution < -0.4 is 0 Å². The van der Waals surface area contributed by atoms with Gasteiger partial charge < -0.3 is 9.47 Å². The van der Waals surface area contributed by atoms with E-state index in [2.05, 4.69) is 51.5 Å². The van der Waals surface area contributed by atoms with Crippen molar-refractivity contribution in [3.63, 3.8) is 0 Å². The van der Waals surface area contributed by atoms with Crippen molar-refractivity contribution in [2.24, 2.45) is 5.92 Å². The van der Waals surface area contributed by atoms with Crippen molar-refractivity contribution in [3.8, 4) is 0 Å². The lowest BCUT2D eigenvalue weighted by Gasteiger charge is -2.23. The zero-order valence-corrected chi connectivity index (χ0v) is 15.0. The van der Waals surface area contributed by atoms with Gasteiger partial charge in [-0.2, -0.15) is 0 Å². The number of carbonyl (C=O) groups is 1. The van der Waals surface area contributed by atoms with Crippen LogP contribution in [0, 0.1) is 5.92 Å². The molecule has 3 rings (SSSR count). The second-order valence-electron chi connectivity index (χ2n) is 7.32. The topological polar surface area (TPSA) is 41.4 Å². The molecule has 1 aromatic rings. The fourth-order valence-corrected chi connectivity index (χ4v) is 3.73. The molecular weight excluding hydrogens is 300 g/mol. The first-order chi connectivity index (χ1) is 11.6. The second-order valence-corrected chi connectivity index (χ2v) is 7.32. The van der Waals surface area contributed by atoms with E-state index in [1.165, 1.54) is 0 Å². The molecule has 0 unspecified atom stereocenters. The summed E-state index contributed by atoms with van der Waals surface area (Å²) in [6.45, 7) is 8.97. The third-order valence-electron chi connectivity index (χ3n) is 5.16. The lowest BCUT2D eigenvalue weighted by atomic mass is 10.0. The molecular formula is C19H30N4O. The summed E-state index contributed by atoms with van der Waals surface area (Å²) in [5.41, 5.74) is 0. The Labute approximate surface area is 145 Å². The maximum absolute atomic E-state index is 12.5. The summed E-state index contributed by atoms with van der Waals surface area (Å²) in [4.78, 5) is 21.6. The zero-order chi connectivity index (χ0) is 16.9. The summed E-state index contributed by atoms with van der Waals surface area (Å²) >= 11 is 0. The number of aromatic nitrogens is 2. The van der Waals surface area contributed by atoms with Gasteiger partial charge >= 0.3 is 0 Å². The Morgan fingerprint density at radius 1 is 1.29 bits per heavy atom. The van der Waals surface area contributed by atoms with Crippen LogP contribution in [0.4, 0.5) is 0 Å². The minimum absolute atomic E-state index is 0.331. The average Bonchev–Trinajstić information content (AvgIpc) is 3.16. The van der Waals surface area contributed by atoms with Crippen molar-refractivity contribution in [1.29, 1.82) is 0 Å². The van der Waals surface area contributed by atoms with E-state index in [1.54, 1.807) is 0 Å². The summed E-state index contributed by atoms with van der Waals surface area (Å²) in [5.74, 6) is 1.92. The highest BCUT2D eigenvalue weighted by Crippen LogP contribution is 2.21. The van der Waals surface area contributed by atoms with E-state index in [-0.39, 0.29) is 0 Å². The third kappa shape index (κ3) is 4.26. The number of nitrogens with zero attached hydrogens (tertiary/aromatic N) is 4. The van der Waals surface area contributed by atoms with Crippen LogP contribution in [0.15, 0.2) is 24.5 Å². The van der Waals surface area contributed by atoms with Gasteiger partial charge in [0.1, 0.15) is 5.82 Å². The van der Waals surface area contributed by atoms with Crippen molar-refractivity contribution in [1.82, 2.24) is 19.4 Å². The zero-order valence-electron chi connectivity index (χ0n) is 15.0. The Kier molecular flexibility index (Phi) is 5.72. The molecule has 2 aliphatic rings. The summed E-state index contributed by atoms with van der Waals surface area (Å²) in [6, 6.07) is 0.437. The molecule has 1 fully saturated rings. The van der Waals surface area contributed by atoms with Crippen molar-refractivity contribution in [2.75, 3.05) is 26.2 Å². The standard InChI is InChI=1S/C19H30N4O/c1-16(2)23-11-8-20-18(23)15-21-9-5-10-22(13-12-21)19(24)14-17-6-3-4-7-17/h3,6,8,11,16-17H,4-5,7,9-10,12-15H2,1-2H3/t17-/m1/s1. The Morgan fingerprint density at radius 3 is 2.92 bits per heavy atom. The van der Waals surface area contributed by atoms with Crippen LogP contribution in [0.2, 0.25) is 0 Å². The van der Waals surface area contributed by atoms with E-state index in [1.807, 2.05) is 6.20 Å². The molecule has 0 bridgehead atoms. The smallest absolute Gasteiger partial charge is 0.223 e. The number of carbonyl (C=O) groups excluding carboxylic acids is 1. The lowest BCUT2D eigenvalue weighted by molar-refractivity contribution is -0.131. The monoisotopic (exact) mass is 330 g/mol. The molecule has 0 saturated carbocycles. The van der Waals surface area contributed by atoms with Gasteiger partial charge in [0.2, 0.25) is 5.91 Å². The predicted molar refractivity (Wildman–Crippen MR) is 95.6 cm³/mol. The number of hydrogen-bond acceptors (Lipinski definition) is 3. The summed E-state index contributed by atoms with van der Waals surface area (Å²) in [6.07, 6.45) is 12.4. The minimum atomic E-state index is 0.331. The number of amides is 1. The van der Waals surface area contributed by atoms with Crippen molar-refractivity contribution < 1.29 is 4.79 Å². The average molecular weight is 330 g/mol. The van der Waals surface area contributed by atoms with Crippen LogP contribution in [-0.4, -0.2) is 51.4 Å². The summed E-state index contributed by atoms with van der Waals surface area (Å²) < 4.78 is 2.24. The SMILES string of the molecule is CC(C)n1ccnc1CN1CCCN(C(=O)C[C@@H]2C=CCC2)CC1. The molecule has 0 radical (unpaired) electrons. The van der Waals surface area contributed by atoms with E-state index < -0.39 is 0 Å². The molecule has 0 N–H and O–H groups in total. The quantitative estimate of drug-likeness (QED) is 0.780. The van der Waals surface area contributed by atoms with E-state index in [4.69, 9.17) is 0 Å². The number of hydrogen-bond donors (Lipinski definition) is 0. The van der Waals surface area contributed by atoms with E-state index in [9.17, 15) is 4.79 Å². The maximum atomic E-state index is 12.5. The molecule has 1 aromatic heterocycles. The van der Waals surface area contributed by atoms with Crippen LogP contribution in [0.5, 0.6) is 0 Å². The molecule has 5 heteroatoms. The summed E-state index contributed by atoms with van der Waals surface area (Å²) in [7, 11) is 0. The van der Waals surface area contributed by atoms with Gasteiger partial charge in [-0.15, -0.1) is 0 Å². The summed E-state index contributed by atoms with van der Waals surface area (Å²) in [5, 5.41) is 0. The first-order valence-corrected chi connectivity index (χ1v) is 9.32. The van der Waals surface area contributed by atoms with Crippen molar-refractivity contribution in [3.05, 3.63) is 30.4 Å². The van der Waals surface area contributed by atoms with Gasteiger partial charge in [0.15, 0.2) is 0 Å². The van der Waals surface area contributed by atoms with Crippen molar-refractivity contribution >= 4 is 5.91 Å². The second kappa shape index (κ2) is 7.97. The molecule has 1 saturated heterocycles. The van der Waals surface area contributed by atoms with Crippen LogP contribution in [-0.2, 0) is 11.3 Å². The van der Waals surface area contributed by atoms with Gasteiger partial charge in [-0.25, -0.2) is 4.98 Å². The molecule has 132 valence electrons. The van der Waals surface area contributed by atoms with Crippen LogP contribution in [0.3, 0.4) is 0 Å². The Bertz CT molecular complexity index is 578. The molecule has 1 aliphatic heterocycles. The van der Waals surface area contributed by atoms with Gasteiger partial charge in [0.25, 0.3) is 0 Å². The number of allylic oxidation sites excluding steroid dienone is 2. The number of rotatable bonds is 5. The first-order valence-electron chi connectivity index (χ1n) is 9.32. The van der Waals surface area contributed by atoms with E-state index >= 15 is 0 Å². The normalized spacial score (nSPS) is 22.3. The highest BCUT2D eigenvalue weighted by Gasteiger charge is 2.22. The van der Waals surface area contributed by atoms with Gasteiger partial charge in [-0.3, -0.25) is 9.69 Å². The Morgan fingerprint density at radius 2 is 2.17 bits per heavy atom. The molecule has 2 heterocycles. The van der Waals surface area contributed by atoms with Gasteiger partial charge in [0.05, 0.1) is 6.54 Å². The maximum Gasteiger partial charge on any atom is 0.223 e. The number of imidazole rings is 1. The fourth-order valence-electron chi connectivity index (χ4n) is 3.73. The Balaban J connectivity index is 1.52. The Hall–Kier alpha value is -1.62. The predicted octanol–water partition coefficient (Wildman–Crippen LogP) is 2.85. The van der Waals surface area contributed by atoms with E-state index in [0.717, 1.165) is 57.8 Å². The van der Waals surface area contributed by atoms with Crippen LogP contribution in [0.25, 0.3) is 0 Å². The minimum Gasteiger partial charge on any atom is -0.341 e. The van der Waals surface area contributed by atoms with Crippen LogP contribution in [0.1, 0.15) is 51.4 Å². The van der Waals surface area contributed by atoms with Gasteiger partial charge in [0, 0.05) is 51.0 Å². The molecule has 0 aromatic carbocycles.